The zero-order valence-corrected chi connectivity index (χ0v) is 11.6. The maximum Gasteiger partial charge on any atom is 0.194 e. The molecule has 1 rings (SSSR count). The van der Waals surface area contributed by atoms with Crippen molar-refractivity contribution in [2.75, 3.05) is 13.2 Å². The zero-order chi connectivity index (χ0) is 16.0. The molecule has 0 fully saturated rings. The van der Waals surface area contributed by atoms with Gasteiger partial charge in [0, 0.05) is 5.56 Å². The number of aliphatic hydroxyl groups excluding tert-OH is 1. The maximum absolute atomic E-state index is 13.0. The van der Waals surface area contributed by atoms with Crippen LogP contribution in [0, 0.1) is 17.5 Å². The van der Waals surface area contributed by atoms with E-state index >= 15 is 0 Å². The third-order valence-corrected chi connectivity index (χ3v) is 2.33. The molecule has 3 N–H and O–H groups in total. The first kappa shape index (κ1) is 17.3. The van der Waals surface area contributed by atoms with Gasteiger partial charge in [-0.25, -0.2) is 13.2 Å². The van der Waals surface area contributed by atoms with E-state index in [1.165, 1.54) is 0 Å². The molecule has 5 nitrogen and oxygen atoms in total. The van der Waals surface area contributed by atoms with E-state index in [9.17, 15) is 18.3 Å². The number of rotatable bonds is 7. The molecular formula is C13H17F3N2O3. The van der Waals surface area contributed by atoms with Gasteiger partial charge in [0.25, 0.3) is 0 Å². The van der Waals surface area contributed by atoms with E-state index in [0.29, 0.717) is 12.1 Å². The van der Waals surface area contributed by atoms with Gasteiger partial charge < -0.3 is 20.4 Å². The van der Waals surface area contributed by atoms with Gasteiger partial charge in [-0.1, -0.05) is 5.16 Å². The Hall–Kier alpha value is -1.80. The lowest BCUT2D eigenvalue weighted by molar-refractivity contribution is -0.0346. The Labute approximate surface area is 120 Å². The van der Waals surface area contributed by atoms with Crippen LogP contribution in [0.5, 0.6) is 0 Å². The lowest BCUT2D eigenvalue weighted by Gasteiger charge is -2.12. The van der Waals surface area contributed by atoms with Crippen LogP contribution >= 0.6 is 0 Å². The number of ether oxygens (including phenoxy) is 1. The van der Waals surface area contributed by atoms with Crippen LogP contribution in [0.2, 0.25) is 0 Å². The standard InChI is InChI=1S/C13H17F3N2O3/c1-7(2)20-5-9(19)6-21-18-13(17)8-3-10(14)12(16)11(15)4-8/h3-4,7,9,19H,5-6H2,1-2H3,(H2,17,18). The lowest BCUT2D eigenvalue weighted by atomic mass is 10.2. The highest BCUT2D eigenvalue weighted by molar-refractivity contribution is 5.97. The van der Waals surface area contributed by atoms with E-state index in [-0.39, 0.29) is 30.7 Å². The molecule has 0 bridgehead atoms. The highest BCUT2D eigenvalue weighted by Crippen LogP contribution is 2.13. The van der Waals surface area contributed by atoms with Gasteiger partial charge in [-0.15, -0.1) is 0 Å². The second-order valence-electron chi connectivity index (χ2n) is 4.56. The van der Waals surface area contributed by atoms with Crippen molar-refractivity contribution in [3.63, 3.8) is 0 Å². The van der Waals surface area contributed by atoms with Crippen molar-refractivity contribution in [1.29, 1.82) is 0 Å². The summed E-state index contributed by atoms with van der Waals surface area (Å²) in [5, 5.41) is 12.9. The molecule has 8 heteroatoms. The number of benzene rings is 1. The molecule has 0 aliphatic carbocycles. The normalized spacial score (nSPS) is 13.6. The van der Waals surface area contributed by atoms with Crippen molar-refractivity contribution < 1.29 is 27.9 Å². The van der Waals surface area contributed by atoms with Crippen molar-refractivity contribution in [2.24, 2.45) is 10.9 Å². The lowest BCUT2D eigenvalue weighted by Crippen LogP contribution is -2.23. The predicted molar refractivity (Wildman–Crippen MR) is 70.1 cm³/mol. The van der Waals surface area contributed by atoms with E-state index < -0.39 is 23.6 Å². The molecule has 118 valence electrons. The van der Waals surface area contributed by atoms with Gasteiger partial charge in [0.05, 0.1) is 12.7 Å². The molecule has 0 aliphatic rings. The summed E-state index contributed by atoms with van der Waals surface area (Å²) in [6.45, 7) is 3.45. The van der Waals surface area contributed by atoms with E-state index in [0.717, 1.165) is 0 Å². The molecule has 0 radical (unpaired) electrons. The molecule has 0 saturated carbocycles. The Morgan fingerprint density at radius 2 is 1.81 bits per heavy atom. The van der Waals surface area contributed by atoms with Crippen LogP contribution in [-0.4, -0.2) is 36.4 Å². The molecule has 0 spiro atoms. The molecule has 1 unspecified atom stereocenters. The third kappa shape index (κ3) is 5.60. The highest BCUT2D eigenvalue weighted by atomic mass is 19.2. The van der Waals surface area contributed by atoms with Crippen molar-refractivity contribution in [1.82, 2.24) is 0 Å². The van der Waals surface area contributed by atoms with Crippen LogP contribution in [0.15, 0.2) is 17.3 Å². The van der Waals surface area contributed by atoms with Crippen molar-refractivity contribution >= 4 is 5.84 Å². The Kier molecular flexibility index (Phi) is 6.44. The number of hydrogen-bond donors (Lipinski definition) is 2. The first-order valence-electron chi connectivity index (χ1n) is 6.21. The minimum absolute atomic E-state index is 0.0432. The molecule has 0 aromatic heterocycles. The van der Waals surface area contributed by atoms with Crippen LogP contribution in [-0.2, 0) is 9.57 Å². The maximum atomic E-state index is 13.0. The molecule has 0 amide bonds. The van der Waals surface area contributed by atoms with Crippen molar-refractivity contribution in [3.8, 4) is 0 Å². The third-order valence-electron chi connectivity index (χ3n) is 2.33. The Morgan fingerprint density at radius 1 is 1.24 bits per heavy atom. The molecule has 0 saturated heterocycles. The van der Waals surface area contributed by atoms with Crippen molar-refractivity contribution in [2.45, 2.75) is 26.1 Å². The Balaban J connectivity index is 2.57. The first-order valence-corrected chi connectivity index (χ1v) is 6.21. The van der Waals surface area contributed by atoms with Crippen LogP contribution in [0.1, 0.15) is 19.4 Å². The van der Waals surface area contributed by atoms with Gasteiger partial charge in [-0.2, -0.15) is 0 Å². The van der Waals surface area contributed by atoms with E-state index in [1.807, 2.05) is 0 Å². The van der Waals surface area contributed by atoms with Gasteiger partial charge in [0.2, 0.25) is 0 Å². The minimum Gasteiger partial charge on any atom is -0.391 e. The Morgan fingerprint density at radius 3 is 2.33 bits per heavy atom. The second-order valence-corrected chi connectivity index (χ2v) is 4.56. The summed E-state index contributed by atoms with van der Waals surface area (Å²) in [5.74, 6) is -4.69. The summed E-state index contributed by atoms with van der Waals surface area (Å²) < 4.78 is 43.9. The van der Waals surface area contributed by atoms with Crippen LogP contribution in [0.25, 0.3) is 0 Å². The Bertz CT molecular complexity index is 486. The van der Waals surface area contributed by atoms with Gasteiger partial charge in [0.15, 0.2) is 23.3 Å². The average Bonchev–Trinajstić information content (AvgIpc) is 2.41. The number of oxime groups is 1. The summed E-state index contributed by atoms with van der Waals surface area (Å²) in [6, 6.07) is 1.39. The summed E-state index contributed by atoms with van der Waals surface area (Å²) in [6.07, 6.45) is -0.968. The average molecular weight is 306 g/mol. The molecular weight excluding hydrogens is 289 g/mol. The van der Waals surface area contributed by atoms with Gasteiger partial charge >= 0.3 is 0 Å². The second kappa shape index (κ2) is 7.84. The number of halogens is 3. The van der Waals surface area contributed by atoms with E-state index in [1.54, 1.807) is 13.8 Å². The van der Waals surface area contributed by atoms with Crippen LogP contribution in [0.3, 0.4) is 0 Å². The van der Waals surface area contributed by atoms with Crippen LogP contribution < -0.4 is 5.73 Å². The fourth-order valence-corrected chi connectivity index (χ4v) is 1.30. The highest BCUT2D eigenvalue weighted by Gasteiger charge is 2.13. The largest absolute Gasteiger partial charge is 0.391 e. The minimum atomic E-state index is -1.59. The SMILES string of the molecule is CC(C)OCC(O)CO/N=C(/N)c1cc(F)c(F)c(F)c1. The topological polar surface area (TPSA) is 77.1 Å². The van der Waals surface area contributed by atoms with Crippen LogP contribution in [0.4, 0.5) is 13.2 Å². The number of nitrogens with zero attached hydrogens (tertiary/aromatic N) is 1. The quantitative estimate of drug-likeness (QED) is 0.347. The number of amidine groups is 1. The molecule has 1 atom stereocenters. The predicted octanol–water partition coefficient (Wildman–Crippen LogP) is 1.53. The molecule has 0 aliphatic heterocycles. The first-order chi connectivity index (χ1) is 9.81. The van der Waals surface area contributed by atoms with E-state index in [2.05, 4.69) is 5.16 Å². The molecule has 0 heterocycles. The monoisotopic (exact) mass is 306 g/mol. The number of aliphatic hydroxyl groups is 1. The summed E-state index contributed by atoms with van der Waals surface area (Å²) in [4.78, 5) is 4.75. The zero-order valence-electron chi connectivity index (χ0n) is 11.6. The summed E-state index contributed by atoms with van der Waals surface area (Å²) >= 11 is 0. The summed E-state index contributed by atoms with van der Waals surface area (Å²) in [5.41, 5.74) is 5.28. The van der Waals surface area contributed by atoms with Crippen molar-refractivity contribution in [3.05, 3.63) is 35.1 Å². The summed E-state index contributed by atoms with van der Waals surface area (Å²) in [7, 11) is 0. The molecule has 1 aromatic rings. The number of nitrogens with two attached hydrogens (primary N) is 1. The molecule has 21 heavy (non-hydrogen) atoms. The number of hydrogen-bond acceptors (Lipinski definition) is 4. The fraction of sp³-hybridized carbons (Fsp3) is 0.462. The van der Waals surface area contributed by atoms with Gasteiger partial charge in [-0.3, -0.25) is 0 Å². The molecule has 1 aromatic carbocycles. The van der Waals surface area contributed by atoms with Gasteiger partial charge in [-0.05, 0) is 26.0 Å². The van der Waals surface area contributed by atoms with Gasteiger partial charge in [0.1, 0.15) is 12.7 Å². The smallest absolute Gasteiger partial charge is 0.194 e. The fourth-order valence-electron chi connectivity index (χ4n) is 1.30. The van der Waals surface area contributed by atoms with E-state index in [4.69, 9.17) is 15.3 Å².